The molecule has 0 spiro atoms. The van der Waals surface area contributed by atoms with Gasteiger partial charge in [0.2, 0.25) is 5.95 Å². The molecule has 0 bridgehead atoms. The van der Waals surface area contributed by atoms with Crippen LogP contribution in [0.3, 0.4) is 0 Å². The van der Waals surface area contributed by atoms with E-state index in [2.05, 4.69) is 20.6 Å². The lowest BCUT2D eigenvalue weighted by atomic mass is 9.98. The molecule has 1 aliphatic rings. The highest BCUT2D eigenvalue weighted by Gasteiger charge is 2.36. The van der Waals surface area contributed by atoms with Crippen molar-refractivity contribution < 1.29 is 22.8 Å². The zero-order valence-electron chi connectivity index (χ0n) is 23.8. The van der Waals surface area contributed by atoms with Crippen molar-refractivity contribution in [2.45, 2.75) is 45.1 Å². The lowest BCUT2D eigenvalue weighted by molar-refractivity contribution is -0.137. The lowest BCUT2D eigenvalue weighted by Crippen LogP contribution is -2.46. The predicted molar refractivity (Wildman–Crippen MR) is 157 cm³/mol. The first kappa shape index (κ1) is 30.7. The van der Waals surface area contributed by atoms with Crippen LogP contribution in [0.2, 0.25) is 5.02 Å². The number of fused-ring (bicyclic) bond motifs is 1. The Morgan fingerprint density at radius 3 is 2.43 bits per heavy atom. The second kappa shape index (κ2) is 12.1. The van der Waals surface area contributed by atoms with E-state index in [0.717, 1.165) is 12.1 Å². The summed E-state index contributed by atoms with van der Waals surface area (Å²) in [6, 6.07) is 8.46. The molecule has 3 heterocycles. The number of anilines is 1. The number of benzene rings is 2. The maximum absolute atomic E-state index is 14.0. The molecule has 228 valence electrons. The van der Waals surface area contributed by atoms with Crippen LogP contribution in [-0.2, 0) is 19.1 Å². The van der Waals surface area contributed by atoms with Gasteiger partial charge in [0.15, 0.2) is 0 Å². The Morgan fingerprint density at radius 2 is 1.80 bits per heavy atom. The van der Waals surface area contributed by atoms with Crippen LogP contribution in [0, 0.1) is 0 Å². The molecule has 0 saturated heterocycles. The Hall–Kier alpha value is -4.78. The van der Waals surface area contributed by atoms with E-state index in [9.17, 15) is 27.6 Å². The number of halogens is 4. The minimum absolute atomic E-state index is 0.112. The number of nitrogens with one attached hydrogen (secondary N) is 2. The fourth-order valence-electron chi connectivity index (χ4n) is 5.02. The van der Waals surface area contributed by atoms with Gasteiger partial charge in [-0.25, -0.2) is 9.55 Å². The molecule has 0 aliphatic carbocycles. The van der Waals surface area contributed by atoms with E-state index in [1.165, 1.54) is 35.0 Å². The average Bonchev–Trinajstić information content (AvgIpc) is 3.01. The van der Waals surface area contributed by atoms with E-state index in [4.69, 9.17) is 16.6 Å². The Labute approximate surface area is 254 Å². The summed E-state index contributed by atoms with van der Waals surface area (Å²) < 4.78 is 41.9. The summed E-state index contributed by atoms with van der Waals surface area (Å²) in [6.45, 7) is 3.41. The van der Waals surface area contributed by atoms with Crippen LogP contribution in [0.25, 0.3) is 5.69 Å². The molecule has 2 aromatic carbocycles. The third-order valence-electron chi connectivity index (χ3n) is 7.38. The maximum Gasteiger partial charge on any atom is 0.417 e. The number of aromatic nitrogens is 4. The molecule has 0 radical (unpaired) electrons. The highest BCUT2D eigenvalue weighted by atomic mass is 35.5. The van der Waals surface area contributed by atoms with Crippen molar-refractivity contribution in [1.29, 1.82) is 0 Å². The average molecular weight is 626 g/mol. The molecule has 2 amide bonds. The second-order valence-electron chi connectivity index (χ2n) is 10.3. The quantitative estimate of drug-likeness (QED) is 0.315. The summed E-state index contributed by atoms with van der Waals surface area (Å²) in [5.74, 6) is -0.792. The predicted octanol–water partition coefficient (Wildman–Crippen LogP) is 4.81. The normalized spacial score (nSPS) is 15.3. The molecule has 1 aliphatic heterocycles. The van der Waals surface area contributed by atoms with E-state index in [1.54, 1.807) is 37.4 Å². The van der Waals surface area contributed by atoms with E-state index < -0.39 is 34.8 Å². The minimum Gasteiger partial charge on any atom is -0.355 e. The molecule has 0 unspecified atom stereocenters. The molecule has 2 atom stereocenters. The van der Waals surface area contributed by atoms with Gasteiger partial charge < -0.3 is 15.5 Å². The zero-order chi connectivity index (χ0) is 31.8. The first-order valence-corrected chi connectivity index (χ1v) is 13.9. The molecule has 10 nitrogen and oxygen atoms in total. The van der Waals surface area contributed by atoms with Crippen molar-refractivity contribution in [2.75, 3.05) is 12.4 Å². The fraction of sp³-hybridized carbons (Fsp3) is 0.267. The second-order valence-corrected chi connectivity index (χ2v) is 10.7. The molecule has 5 rings (SSSR count). The van der Waals surface area contributed by atoms with E-state index in [0.29, 0.717) is 28.2 Å². The molecule has 0 fully saturated rings. The number of carbonyl (C=O) groups excluding carboxylic acids is 2. The minimum atomic E-state index is -4.74. The van der Waals surface area contributed by atoms with Crippen molar-refractivity contribution >= 4 is 29.4 Å². The number of amides is 2. The van der Waals surface area contributed by atoms with Gasteiger partial charge in [0.25, 0.3) is 17.4 Å². The monoisotopic (exact) mass is 625 g/mol. The van der Waals surface area contributed by atoms with Crippen LogP contribution in [0.4, 0.5) is 19.1 Å². The van der Waals surface area contributed by atoms with Gasteiger partial charge in [0.1, 0.15) is 0 Å². The lowest BCUT2D eigenvalue weighted by Gasteiger charge is -2.35. The number of hydrogen-bond acceptors (Lipinski definition) is 7. The van der Waals surface area contributed by atoms with E-state index in [-0.39, 0.29) is 35.9 Å². The van der Waals surface area contributed by atoms with Crippen LogP contribution >= 0.6 is 11.6 Å². The Balaban J connectivity index is 1.57. The van der Waals surface area contributed by atoms with E-state index in [1.807, 2.05) is 6.92 Å². The summed E-state index contributed by atoms with van der Waals surface area (Å²) in [6.07, 6.45) is 0.00865. The van der Waals surface area contributed by atoms with Crippen molar-refractivity contribution in [3.8, 4) is 5.69 Å². The number of hydrogen-bond donors (Lipinski definition) is 2. The SMILES string of the molecule is CNC(=O)c1ccc(-n2c(N[C@H](C)c3cnccn3)nc3c(c2=O)C[C@@H](C)N(C(=O)c2ccc(Cl)c(C(F)(F)F)c2)C3)cc1. The van der Waals surface area contributed by atoms with Crippen LogP contribution in [0.1, 0.15) is 63.1 Å². The molecule has 2 aromatic heterocycles. The smallest absolute Gasteiger partial charge is 0.355 e. The molecule has 4 aromatic rings. The summed E-state index contributed by atoms with van der Waals surface area (Å²) in [4.78, 5) is 54.2. The number of rotatable bonds is 6. The summed E-state index contributed by atoms with van der Waals surface area (Å²) >= 11 is 5.76. The first-order chi connectivity index (χ1) is 20.9. The van der Waals surface area contributed by atoms with E-state index >= 15 is 0 Å². The number of carbonyl (C=O) groups is 2. The van der Waals surface area contributed by atoms with Crippen LogP contribution in [0.5, 0.6) is 0 Å². The Morgan fingerprint density at radius 1 is 1.09 bits per heavy atom. The third kappa shape index (κ3) is 6.00. The van der Waals surface area contributed by atoms with Crippen molar-refractivity contribution in [3.63, 3.8) is 0 Å². The molecule has 2 N–H and O–H groups in total. The van der Waals surface area contributed by atoms with Gasteiger partial charge >= 0.3 is 6.18 Å². The summed E-state index contributed by atoms with van der Waals surface area (Å²) in [7, 11) is 1.52. The highest BCUT2D eigenvalue weighted by molar-refractivity contribution is 6.31. The van der Waals surface area contributed by atoms with Gasteiger partial charge in [0, 0.05) is 42.2 Å². The molecule has 44 heavy (non-hydrogen) atoms. The van der Waals surface area contributed by atoms with Gasteiger partial charge in [-0.15, -0.1) is 0 Å². The summed E-state index contributed by atoms with van der Waals surface area (Å²) in [5.41, 5.74) is 0.408. The fourth-order valence-corrected chi connectivity index (χ4v) is 5.24. The largest absolute Gasteiger partial charge is 0.417 e. The van der Waals surface area contributed by atoms with Gasteiger partial charge in [-0.05, 0) is 62.7 Å². The third-order valence-corrected chi connectivity index (χ3v) is 7.71. The highest BCUT2D eigenvalue weighted by Crippen LogP contribution is 2.36. The van der Waals surface area contributed by atoms with Crippen molar-refractivity contribution in [1.82, 2.24) is 29.7 Å². The molecular weight excluding hydrogens is 599 g/mol. The summed E-state index contributed by atoms with van der Waals surface area (Å²) in [5, 5.41) is 5.25. The number of nitrogens with zero attached hydrogens (tertiary/aromatic N) is 5. The molecular formula is C30H27ClF3N7O3. The zero-order valence-corrected chi connectivity index (χ0v) is 24.6. The van der Waals surface area contributed by atoms with Crippen LogP contribution in [-0.4, -0.2) is 49.3 Å². The standard InChI is InChI=1S/C30H27ClF3N7O3/c1-16-12-21-25(15-40(16)27(43)19-6-9-23(31)22(13-19)30(32,33)34)39-29(38-17(2)24-14-36-10-11-37-24)41(28(21)44)20-7-4-18(5-8-20)26(42)35-3/h4-11,13-14,16-17H,12,15H2,1-3H3,(H,35,42)(H,38,39)/t16-,17-/m1/s1. The topological polar surface area (TPSA) is 122 Å². The van der Waals surface area contributed by atoms with Gasteiger partial charge in [-0.2, -0.15) is 13.2 Å². The molecule has 14 heteroatoms. The Kier molecular flexibility index (Phi) is 8.42. The molecule has 0 saturated carbocycles. The Bertz CT molecular complexity index is 1780. The van der Waals surface area contributed by atoms with Crippen LogP contribution < -0.4 is 16.2 Å². The van der Waals surface area contributed by atoms with Crippen molar-refractivity contribution in [3.05, 3.63) is 110 Å². The van der Waals surface area contributed by atoms with Crippen molar-refractivity contribution in [2.24, 2.45) is 0 Å². The van der Waals surface area contributed by atoms with Gasteiger partial charge in [-0.3, -0.25) is 24.4 Å². The van der Waals surface area contributed by atoms with Crippen LogP contribution in [0.15, 0.2) is 65.8 Å². The maximum atomic E-state index is 14.0. The van der Waals surface area contributed by atoms with Gasteiger partial charge in [-0.1, -0.05) is 11.6 Å². The first-order valence-electron chi connectivity index (χ1n) is 13.6. The number of alkyl halides is 3. The van der Waals surface area contributed by atoms with Gasteiger partial charge in [0.05, 0.1) is 46.4 Å².